The van der Waals surface area contributed by atoms with Gasteiger partial charge in [0.15, 0.2) is 0 Å². The fraction of sp³-hybridized carbons (Fsp3) is 0.111. The lowest BCUT2D eigenvalue weighted by molar-refractivity contribution is 0.0599. The molecule has 0 aliphatic rings. The summed E-state index contributed by atoms with van der Waals surface area (Å²) < 4.78 is 5.89. The smallest absolute Gasteiger partial charge is 0.339 e. The van der Waals surface area contributed by atoms with Crippen molar-refractivity contribution in [1.29, 1.82) is 5.26 Å². The van der Waals surface area contributed by atoms with Gasteiger partial charge < -0.3 is 4.74 Å². The molecule has 0 atom stereocenters. The lowest BCUT2D eigenvalue weighted by Crippen LogP contribution is -2.03. The van der Waals surface area contributed by atoms with Crippen LogP contribution in [0.15, 0.2) is 16.6 Å². The highest BCUT2D eigenvalue weighted by molar-refractivity contribution is 14.1. The fourth-order valence-electron chi connectivity index (χ4n) is 0.899. The van der Waals surface area contributed by atoms with Gasteiger partial charge in [-0.3, -0.25) is 0 Å². The second-order valence-electron chi connectivity index (χ2n) is 2.42. The maximum atomic E-state index is 11.2. The van der Waals surface area contributed by atoms with Crippen molar-refractivity contribution >= 4 is 44.5 Å². The molecule has 0 aliphatic heterocycles. The second kappa shape index (κ2) is 4.75. The van der Waals surface area contributed by atoms with E-state index in [0.29, 0.717) is 15.6 Å². The van der Waals surface area contributed by atoms with Gasteiger partial charge in [0.1, 0.15) is 6.07 Å². The van der Waals surface area contributed by atoms with E-state index in [2.05, 4.69) is 20.7 Å². The van der Waals surface area contributed by atoms with E-state index < -0.39 is 5.97 Å². The van der Waals surface area contributed by atoms with Gasteiger partial charge in [0.2, 0.25) is 0 Å². The normalized spacial score (nSPS) is 9.29. The van der Waals surface area contributed by atoms with Crippen LogP contribution in [0, 0.1) is 14.9 Å². The zero-order chi connectivity index (χ0) is 10.7. The SMILES string of the molecule is COC(=O)c1cc(I)c(C#N)cc1Br. The van der Waals surface area contributed by atoms with Crippen molar-refractivity contribution in [1.82, 2.24) is 0 Å². The topological polar surface area (TPSA) is 50.1 Å². The van der Waals surface area contributed by atoms with E-state index in [1.165, 1.54) is 7.11 Å². The number of esters is 1. The maximum Gasteiger partial charge on any atom is 0.339 e. The Labute approximate surface area is 103 Å². The predicted molar refractivity (Wildman–Crippen MR) is 62.9 cm³/mol. The first-order valence-electron chi connectivity index (χ1n) is 3.57. The van der Waals surface area contributed by atoms with Crippen molar-refractivity contribution in [2.24, 2.45) is 0 Å². The molecule has 1 aromatic carbocycles. The average Bonchev–Trinajstić information content (AvgIpc) is 2.19. The van der Waals surface area contributed by atoms with E-state index in [-0.39, 0.29) is 0 Å². The zero-order valence-corrected chi connectivity index (χ0v) is 10.9. The number of halogens is 2. The number of carbonyl (C=O) groups excluding carboxylic acids is 1. The largest absolute Gasteiger partial charge is 0.465 e. The summed E-state index contributed by atoms with van der Waals surface area (Å²) in [4.78, 5) is 11.2. The van der Waals surface area contributed by atoms with Crippen LogP contribution in [0.3, 0.4) is 0 Å². The molecule has 0 unspecified atom stereocenters. The van der Waals surface area contributed by atoms with Crippen LogP contribution >= 0.6 is 38.5 Å². The number of benzene rings is 1. The van der Waals surface area contributed by atoms with Crippen molar-refractivity contribution in [3.63, 3.8) is 0 Å². The van der Waals surface area contributed by atoms with Gasteiger partial charge in [0.25, 0.3) is 0 Å². The molecule has 0 aliphatic carbocycles. The summed E-state index contributed by atoms with van der Waals surface area (Å²) in [5.74, 6) is -0.417. The Bertz CT molecular complexity index is 426. The molecule has 0 heterocycles. The minimum absolute atomic E-state index is 0.417. The van der Waals surface area contributed by atoms with Crippen molar-refractivity contribution in [3.05, 3.63) is 31.3 Å². The maximum absolute atomic E-state index is 11.2. The van der Waals surface area contributed by atoms with Gasteiger partial charge in [-0.15, -0.1) is 0 Å². The summed E-state index contributed by atoms with van der Waals surface area (Å²) >= 11 is 5.21. The third kappa shape index (κ3) is 2.25. The minimum Gasteiger partial charge on any atom is -0.465 e. The molecule has 0 aromatic heterocycles. The van der Waals surface area contributed by atoms with E-state index in [4.69, 9.17) is 5.26 Å². The van der Waals surface area contributed by atoms with E-state index in [1.54, 1.807) is 12.1 Å². The van der Waals surface area contributed by atoms with Crippen LogP contribution in [0.1, 0.15) is 15.9 Å². The number of methoxy groups -OCH3 is 1. The highest BCUT2D eigenvalue weighted by Gasteiger charge is 2.13. The molecule has 0 fully saturated rings. The quantitative estimate of drug-likeness (QED) is 0.568. The number of ether oxygens (including phenoxy) is 1. The van der Waals surface area contributed by atoms with Crippen molar-refractivity contribution in [3.8, 4) is 6.07 Å². The molecule has 5 heteroatoms. The second-order valence-corrected chi connectivity index (χ2v) is 4.43. The highest BCUT2D eigenvalue weighted by atomic mass is 127. The third-order valence-electron chi connectivity index (χ3n) is 1.58. The van der Waals surface area contributed by atoms with E-state index in [0.717, 1.165) is 3.57 Å². The molecule has 0 saturated heterocycles. The lowest BCUT2D eigenvalue weighted by atomic mass is 10.1. The first-order chi connectivity index (χ1) is 6.60. The molecule has 3 nitrogen and oxygen atoms in total. The van der Waals surface area contributed by atoms with Crippen LogP contribution in [-0.2, 0) is 4.74 Å². The van der Waals surface area contributed by atoms with Gasteiger partial charge in [-0.1, -0.05) is 0 Å². The van der Waals surface area contributed by atoms with Crippen LogP contribution in [-0.4, -0.2) is 13.1 Å². The Morgan fingerprint density at radius 1 is 1.64 bits per heavy atom. The first kappa shape index (κ1) is 11.5. The molecule has 1 rings (SSSR count). The van der Waals surface area contributed by atoms with E-state index in [1.807, 2.05) is 28.7 Å². The van der Waals surface area contributed by atoms with Gasteiger partial charge in [-0.2, -0.15) is 5.26 Å². The summed E-state index contributed by atoms with van der Waals surface area (Å²) in [6.07, 6.45) is 0. The number of nitrogens with zero attached hydrogens (tertiary/aromatic N) is 1. The van der Waals surface area contributed by atoms with Gasteiger partial charge in [-0.25, -0.2) is 4.79 Å². The summed E-state index contributed by atoms with van der Waals surface area (Å²) in [6.45, 7) is 0. The molecule has 72 valence electrons. The van der Waals surface area contributed by atoms with E-state index in [9.17, 15) is 4.79 Å². The molecule has 0 N–H and O–H groups in total. The summed E-state index contributed by atoms with van der Waals surface area (Å²) in [7, 11) is 1.32. The average molecular weight is 366 g/mol. The first-order valence-corrected chi connectivity index (χ1v) is 5.44. The van der Waals surface area contributed by atoms with Gasteiger partial charge >= 0.3 is 5.97 Å². The lowest BCUT2D eigenvalue weighted by Gasteiger charge is -2.04. The summed E-state index contributed by atoms with van der Waals surface area (Å²) in [6, 6.07) is 5.26. The van der Waals surface area contributed by atoms with Crippen LogP contribution in [0.25, 0.3) is 0 Å². The summed E-state index contributed by atoms with van der Waals surface area (Å²) in [5, 5.41) is 8.74. The Morgan fingerprint density at radius 2 is 2.29 bits per heavy atom. The standard InChI is InChI=1S/C9H5BrINO2/c1-14-9(13)6-3-8(11)5(4-12)2-7(6)10/h2-3H,1H3. The van der Waals surface area contributed by atoms with Crippen molar-refractivity contribution < 1.29 is 9.53 Å². The molecular formula is C9H5BrINO2. The van der Waals surface area contributed by atoms with Crippen LogP contribution < -0.4 is 0 Å². The Kier molecular flexibility index (Phi) is 3.89. The monoisotopic (exact) mass is 365 g/mol. The molecule has 0 radical (unpaired) electrons. The van der Waals surface area contributed by atoms with Crippen molar-refractivity contribution in [2.45, 2.75) is 0 Å². The predicted octanol–water partition coefficient (Wildman–Crippen LogP) is 2.71. The molecule has 1 aromatic rings. The molecular weight excluding hydrogens is 361 g/mol. The fourth-order valence-corrected chi connectivity index (χ4v) is 1.99. The van der Waals surface area contributed by atoms with Gasteiger partial charge in [0, 0.05) is 8.04 Å². The van der Waals surface area contributed by atoms with Crippen LogP contribution in [0.4, 0.5) is 0 Å². The molecule has 0 saturated carbocycles. The van der Waals surface area contributed by atoms with Crippen molar-refractivity contribution in [2.75, 3.05) is 7.11 Å². The molecule has 0 amide bonds. The van der Waals surface area contributed by atoms with Gasteiger partial charge in [-0.05, 0) is 50.7 Å². The zero-order valence-electron chi connectivity index (χ0n) is 7.17. The van der Waals surface area contributed by atoms with Crippen LogP contribution in [0.5, 0.6) is 0 Å². The minimum atomic E-state index is -0.417. The Balaban J connectivity index is 3.30. The van der Waals surface area contributed by atoms with Crippen LogP contribution in [0.2, 0.25) is 0 Å². The number of rotatable bonds is 1. The number of nitriles is 1. The third-order valence-corrected chi connectivity index (χ3v) is 3.13. The van der Waals surface area contributed by atoms with E-state index >= 15 is 0 Å². The number of hydrogen-bond acceptors (Lipinski definition) is 3. The Morgan fingerprint density at radius 3 is 2.79 bits per heavy atom. The summed E-state index contributed by atoms with van der Waals surface area (Å²) in [5.41, 5.74) is 0.959. The molecule has 14 heavy (non-hydrogen) atoms. The molecule has 0 bridgehead atoms. The highest BCUT2D eigenvalue weighted by Crippen LogP contribution is 2.23. The number of hydrogen-bond donors (Lipinski definition) is 0. The molecule has 0 spiro atoms. The number of carbonyl (C=O) groups is 1. The van der Waals surface area contributed by atoms with Gasteiger partial charge in [0.05, 0.1) is 18.2 Å². The Hall–Kier alpha value is -0.610.